The van der Waals surface area contributed by atoms with Crippen molar-refractivity contribution < 1.29 is 0 Å². The minimum atomic E-state index is 0.585. The van der Waals surface area contributed by atoms with Gasteiger partial charge in [0.25, 0.3) is 0 Å². The SMILES string of the molecule is N#Cc1cc(-c2ccc(-c3nc(-c4ccccc4)nc(-c4ccc(-c5cc6ccccc6c6ccccc56)cc4)n3)cc2)ccc1-c1ccccc1-c1cccc2c1-c1cccc3cccc-2c13. The van der Waals surface area contributed by atoms with E-state index in [-0.39, 0.29) is 0 Å². The van der Waals surface area contributed by atoms with E-state index in [1.54, 1.807) is 0 Å². The topological polar surface area (TPSA) is 62.5 Å². The smallest absolute Gasteiger partial charge is 0.164 e. The minimum absolute atomic E-state index is 0.585. The summed E-state index contributed by atoms with van der Waals surface area (Å²) in [6.45, 7) is 0. The first-order valence-corrected chi connectivity index (χ1v) is 22.9. The van der Waals surface area contributed by atoms with E-state index >= 15 is 0 Å². The first-order valence-electron chi connectivity index (χ1n) is 22.9. The van der Waals surface area contributed by atoms with Crippen LogP contribution in [0.15, 0.2) is 231 Å². The molecule has 0 N–H and O–H groups in total. The maximum atomic E-state index is 10.7. The lowest BCUT2D eigenvalue weighted by Crippen LogP contribution is -2.00. The fraction of sp³-hybridized carbons (Fsp3) is 0. The highest BCUT2D eigenvalue weighted by Gasteiger charge is 2.25. The van der Waals surface area contributed by atoms with Crippen molar-refractivity contribution >= 4 is 32.3 Å². The number of nitriles is 1. The fourth-order valence-electron chi connectivity index (χ4n) is 10.3. The highest BCUT2D eigenvalue weighted by molar-refractivity contribution is 6.19. The molecule has 0 spiro atoms. The van der Waals surface area contributed by atoms with Crippen LogP contribution in [-0.2, 0) is 0 Å². The van der Waals surface area contributed by atoms with Gasteiger partial charge in [0.15, 0.2) is 17.5 Å². The van der Waals surface area contributed by atoms with Gasteiger partial charge in [-0.2, -0.15) is 5.26 Å². The number of rotatable bonds is 7. The van der Waals surface area contributed by atoms with Crippen LogP contribution in [0.5, 0.6) is 0 Å². The molecule has 1 aliphatic carbocycles. The monoisotopic (exact) mass is 862 g/mol. The van der Waals surface area contributed by atoms with Gasteiger partial charge in [0.05, 0.1) is 11.6 Å². The van der Waals surface area contributed by atoms with Crippen molar-refractivity contribution in [1.29, 1.82) is 5.26 Å². The van der Waals surface area contributed by atoms with Crippen molar-refractivity contribution in [3.05, 3.63) is 236 Å². The van der Waals surface area contributed by atoms with Crippen LogP contribution in [0, 0.1) is 11.3 Å². The Labute approximate surface area is 393 Å². The average molecular weight is 863 g/mol. The second-order valence-corrected chi connectivity index (χ2v) is 17.4. The van der Waals surface area contributed by atoms with E-state index in [2.05, 4.69) is 200 Å². The largest absolute Gasteiger partial charge is 0.208 e. The number of hydrogen-bond donors (Lipinski definition) is 0. The molecule has 68 heavy (non-hydrogen) atoms. The molecule has 12 aromatic rings. The number of aromatic nitrogens is 3. The molecule has 1 aromatic heterocycles. The Kier molecular flexibility index (Phi) is 9.20. The lowest BCUT2D eigenvalue weighted by molar-refractivity contribution is 1.07. The molecule has 0 unspecified atom stereocenters. The van der Waals surface area contributed by atoms with Gasteiger partial charge in [0.2, 0.25) is 0 Å². The Balaban J connectivity index is 0.840. The van der Waals surface area contributed by atoms with Crippen LogP contribution in [0.2, 0.25) is 0 Å². The molecule has 314 valence electrons. The molecule has 13 rings (SSSR count). The molecule has 0 amide bonds. The molecular weight excluding hydrogens is 825 g/mol. The summed E-state index contributed by atoms with van der Waals surface area (Å²) in [5.74, 6) is 1.79. The highest BCUT2D eigenvalue weighted by atomic mass is 15.0. The maximum Gasteiger partial charge on any atom is 0.164 e. The van der Waals surface area contributed by atoms with Gasteiger partial charge in [0, 0.05) is 22.3 Å². The summed E-state index contributed by atoms with van der Waals surface area (Å²) in [6, 6.07) is 83.3. The van der Waals surface area contributed by atoms with Crippen LogP contribution >= 0.6 is 0 Å². The number of nitrogens with zero attached hydrogens (tertiary/aromatic N) is 4. The highest BCUT2D eigenvalue weighted by Crippen LogP contribution is 2.52. The van der Waals surface area contributed by atoms with Crippen LogP contribution in [0.1, 0.15) is 5.56 Å². The molecule has 0 aliphatic heterocycles. The molecule has 0 bridgehead atoms. The minimum Gasteiger partial charge on any atom is -0.208 e. The molecule has 0 saturated heterocycles. The molecule has 1 heterocycles. The Morgan fingerprint density at radius 2 is 0.750 bits per heavy atom. The predicted octanol–water partition coefficient (Wildman–Crippen LogP) is 16.5. The molecule has 1 aliphatic rings. The zero-order valence-corrected chi connectivity index (χ0v) is 36.7. The van der Waals surface area contributed by atoms with Gasteiger partial charge >= 0.3 is 0 Å². The second-order valence-electron chi connectivity index (χ2n) is 17.4. The maximum absolute atomic E-state index is 10.7. The van der Waals surface area contributed by atoms with E-state index in [0.717, 1.165) is 55.6 Å². The normalized spacial score (nSPS) is 11.5. The summed E-state index contributed by atoms with van der Waals surface area (Å²) in [7, 11) is 0. The van der Waals surface area contributed by atoms with Crippen molar-refractivity contribution in [3.8, 4) is 107 Å². The third-order valence-electron chi connectivity index (χ3n) is 13.5. The lowest BCUT2D eigenvalue weighted by Gasteiger charge is -2.16. The zero-order valence-electron chi connectivity index (χ0n) is 36.7. The molecule has 0 saturated carbocycles. The van der Waals surface area contributed by atoms with Gasteiger partial charge in [-0.1, -0.05) is 218 Å². The van der Waals surface area contributed by atoms with Crippen LogP contribution in [-0.4, -0.2) is 15.0 Å². The third-order valence-corrected chi connectivity index (χ3v) is 13.5. The first-order chi connectivity index (χ1) is 33.7. The van der Waals surface area contributed by atoms with Gasteiger partial charge < -0.3 is 0 Å². The van der Waals surface area contributed by atoms with Crippen LogP contribution in [0.25, 0.3) is 133 Å². The van der Waals surface area contributed by atoms with E-state index in [9.17, 15) is 5.26 Å². The van der Waals surface area contributed by atoms with Gasteiger partial charge in [0.1, 0.15) is 0 Å². The van der Waals surface area contributed by atoms with Crippen LogP contribution < -0.4 is 0 Å². The Morgan fingerprint density at radius 1 is 0.279 bits per heavy atom. The van der Waals surface area contributed by atoms with E-state index in [1.807, 2.05) is 36.4 Å². The summed E-state index contributed by atoms with van der Waals surface area (Å²) >= 11 is 0. The van der Waals surface area contributed by atoms with Crippen molar-refractivity contribution in [1.82, 2.24) is 15.0 Å². The van der Waals surface area contributed by atoms with Crippen LogP contribution in [0.4, 0.5) is 0 Å². The molecule has 0 atom stereocenters. The molecule has 11 aromatic carbocycles. The van der Waals surface area contributed by atoms with Crippen molar-refractivity contribution in [2.24, 2.45) is 0 Å². The van der Waals surface area contributed by atoms with Gasteiger partial charge in [-0.15, -0.1) is 0 Å². The quantitative estimate of drug-likeness (QED) is 0.150. The van der Waals surface area contributed by atoms with Crippen molar-refractivity contribution in [2.75, 3.05) is 0 Å². The lowest BCUT2D eigenvalue weighted by atomic mass is 9.87. The van der Waals surface area contributed by atoms with Crippen LogP contribution in [0.3, 0.4) is 0 Å². The summed E-state index contributed by atoms with van der Waals surface area (Å²) in [4.78, 5) is 15.1. The zero-order chi connectivity index (χ0) is 45.1. The second kappa shape index (κ2) is 16.0. The summed E-state index contributed by atoms with van der Waals surface area (Å²) < 4.78 is 0. The number of fused-ring (bicyclic) bond motifs is 6. The molecular formula is C64H38N4. The third kappa shape index (κ3) is 6.48. The van der Waals surface area contributed by atoms with E-state index in [4.69, 9.17) is 15.0 Å². The predicted molar refractivity (Wildman–Crippen MR) is 280 cm³/mol. The van der Waals surface area contributed by atoms with Gasteiger partial charge in [-0.3, -0.25) is 0 Å². The number of hydrogen-bond acceptors (Lipinski definition) is 4. The molecule has 4 nitrogen and oxygen atoms in total. The van der Waals surface area contributed by atoms with Crippen molar-refractivity contribution in [3.63, 3.8) is 0 Å². The summed E-state index contributed by atoms with van der Waals surface area (Å²) in [6.07, 6.45) is 0. The average Bonchev–Trinajstić information content (AvgIpc) is 3.75. The summed E-state index contributed by atoms with van der Waals surface area (Å²) in [5.41, 5.74) is 16.8. The van der Waals surface area contributed by atoms with Gasteiger partial charge in [-0.05, 0) is 106 Å². The fourth-order valence-corrected chi connectivity index (χ4v) is 10.3. The Bertz CT molecular complexity index is 4010. The Morgan fingerprint density at radius 3 is 1.44 bits per heavy atom. The van der Waals surface area contributed by atoms with E-state index in [0.29, 0.717) is 23.0 Å². The van der Waals surface area contributed by atoms with Crippen molar-refractivity contribution in [2.45, 2.75) is 0 Å². The van der Waals surface area contributed by atoms with E-state index < -0.39 is 0 Å². The first kappa shape index (κ1) is 39.1. The summed E-state index contributed by atoms with van der Waals surface area (Å²) in [5, 5.41) is 18.2. The molecule has 0 radical (unpaired) electrons. The Hall–Kier alpha value is -9.30. The standard InChI is InChI=1S/C64H38N4/c65-39-48-37-46(35-36-50(48)52-20-6-8-21-53(52)55-24-12-25-57-56-23-10-16-42-17-11-26-58(60(42)56)61(55)57)40-27-31-44(32-28-40)63-66-62(43-13-2-1-3-14-43)67-64(68-63)45-33-29-41(30-34-45)59-38-47-15-4-5-18-49(47)51-19-7-9-22-54(51)59/h1-38H. The van der Waals surface area contributed by atoms with E-state index in [1.165, 1.54) is 60.1 Å². The number of benzene rings is 11. The molecule has 0 fully saturated rings. The van der Waals surface area contributed by atoms with Gasteiger partial charge in [-0.25, -0.2) is 15.0 Å². The molecule has 4 heteroatoms.